The first-order valence-electron chi connectivity index (χ1n) is 4.01. The zero-order valence-electron chi connectivity index (χ0n) is 6.94. The highest BCUT2D eigenvalue weighted by Crippen LogP contribution is 2.10. The Hall–Kier alpha value is -1.37. The minimum Gasteiger partial charge on any atom is -0.294 e. The standard InChI is InChI=1S/C11H12O/c1-2-7-10-8-5-3-4-6-9-11(10)12/h2-6,8-10H,1,7H2. The maximum atomic E-state index is 11.3. The fraction of sp³-hybridized carbons (Fsp3) is 0.182. The van der Waals surface area contributed by atoms with Gasteiger partial charge in [0, 0.05) is 5.92 Å². The van der Waals surface area contributed by atoms with Crippen LogP contribution in [0.3, 0.4) is 0 Å². The molecule has 1 atom stereocenters. The smallest absolute Gasteiger partial charge is 0.162 e. The second kappa shape index (κ2) is 4.50. The summed E-state index contributed by atoms with van der Waals surface area (Å²) in [6, 6.07) is 0. The maximum absolute atomic E-state index is 11.3. The van der Waals surface area contributed by atoms with Crippen LogP contribution in [-0.4, -0.2) is 5.78 Å². The SMILES string of the molecule is C=CCC1C=CC=CC=CC1=O. The highest BCUT2D eigenvalue weighted by Gasteiger charge is 2.09. The van der Waals surface area contributed by atoms with Crippen LogP contribution < -0.4 is 0 Å². The maximum Gasteiger partial charge on any atom is 0.162 e. The van der Waals surface area contributed by atoms with E-state index < -0.39 is 0 Å². The minimum atomic E-state index is -0.0244. The van der Waals surface area contributed by atoms with Gasteiger partial charge in [-0.25, -0.2) is 0 Å². The molecule has 1 nitrogen and oxygen atoms in total. The molecule has 0 spiro atoms. The van der Waals surface area contributed by atoms with E-state index >= 15 is 0 Å². The first kappa shape index (κ1) is 8.72. The van der Waals surface area contributed by atoms with Crippen molar-refractivity contribution < 1.29 is 4.79 Å². The lowest BCUT2D eigenvalue weighted by atomic mass is 9.98. The van der Waals surface area contributed by atoms with Crippen molar-refractivity contribution >= 4 is 5.78 Å². The highest BCUT2D eigenvalue weighted by molar-refractivity contribution is 5.93. The van der Waals surface area contributed by atoms with Crippen molar-refractivity contribution in [1.82, 2.24) is 0 Å². The van der Waals surface area contributed by atoms with Crippen molar-refractivity contribution in [3.8, 4) is 0 Å². The van der Waals surface area contributed by atoms with Crippen molar-refractivity contribution in [3.63, 3.8) is 0 Å². The Morgan fingerprint density at radius 2 is 2.08 bits per heavy atom. The number of hydrogen-bond acceptors (Lipinski definition) is 1. The van der Waals surface area contributed by atoms with Crippen LogP contribution >= 0.6 is 0 Å². The van der Waals surface area contributed by atoms with E-state index in [2.05, 4.69) is 6.58 Å². The zero-order valence-corrected chi connectivity index (χ0v) is 6.94. The number of rotatable bonds is 2. The summed E-state index contributed by atoms with van der Waals surface area (Å²) in [5, 5.41) is 0. The lowest BCUT2D eigenvalue weighted by molar-refractivity contribution is -0.116. The van der Waals surface area contributed by atoms with Crippen LogP contribution in [0.15, 0.2) is 49.1 Å². The molecule has 1 unspecified atom stereocenters. The van der Waals surface area contributed by atoms with Crippen LogP contribution in [0.4, 0.5) is 0 Å². The minimum absolute atomic E-state index is 0.0244. The number of hydrogen-bond donors (Lipinski definition) is 0. The largest absolute Gasteiger partial charge is 0.294 e. The van der Waals surface area contributed by atoms with Gasteiger partial charge in [-0.15, -0.1) is 6.58 Å². The van der Waals surface area contributed by atoms with Gasteiger partial charge in [-0.2, -0.15) is 0 Å². The van der Waals surface area contributed by atoms with E-state index in [1.54, 1.807) is 18.2 Å². The summed E-state index contributed by atoms with van der Waals surface area (Å²) in [4.78, 5) is 11.3. The Morgan fingerprint density at radius 1 is 1.33 bits per heavy atom. The summed E-state index contributed by atoms with van der Waals surface area (Å²) in [7, 11) is 0. The number of carbonyl (C=O) groups excluding carboxylic acids is 1. The Kier molecular flexibility index (Phi) is 3.27. The first-order chi connectivity index (χ1) is 5.84. The third-order valence-corrected chi connectivity index (χ3v) is 1.72. The summed E-state index contributed by atoms with van der Waals surface area (Å²) < 4.78 is 0. The van der Waals surface area contributed by atoms with Crippen LogP contribution in [0.1, 0.15) is 6.42 Å². The molecular formula is C11H12O. The summed E-state index contributed by atoms with van der Waals surface area (Å²) in [5.41, 5.74) is 0. The Balaban J connectivity index is 2.76. The van der Waals surface area contributed by atoms with E-state index in [1.165, 1.54) is 0 Å². The molecule has 0 saturated carbocycles. The molecule has 0 aliphatic heterocycles. The van der Waals surface area contributed by atoms with Gasteiger partial charge in [0.2, 0.25) is 0 Å². The van der Waals surface area contributed by atoms with Gasteiger partial charge in [-0.05, 0) is 12.5 Å². The van der Waals surface area contributed by atoms with E-state index in [4.69, 9.17) is 0 Å². The normalized spacial score (nSPS) is 22.0. The molecule has 0 fully saturated rings. The zero-order chi connectivity index (χ0) is 8.81. The van der Waals surface area contributed by atoms with Gasteiger partial charge in [0.05, 0.1) is 0 Å². The third kappa shape index (κ3) is 2.35. The molecule has 0 bridgehead atoms. The van der Waals surface area contributed by atoms with E-state index in [0.717, 1.165) is 0 Å². The van der Waals surface area contributed by atoms with Gasteiger partial charge in [0.25, 0.3) is 0 Å². The predicted octanol–water partition coefficient (Wildman–Crippen LogP) is 2.43. The lowest BCUT2D eigenvalue weighted by Gasteiger charge is -2.05. The first-order valence-corrected chi connectivity index (χ1v) is 4.01. The van der Waals surface area contributed by atoms with Gasteiger partial charge in [-0.1, -0.05) is 36.5 Å². The average Bonchev–Trinajstić information content (AvgIpc) is 2.05. The Morgan fingerprint density at radius 3 is 2.83 bits per heavy atom. The van der Waals surface area contributed by atoms with E-state index in [0.29, 0.717) is 6.42 Å². The summed E-state index contributed by atoms with van der Waals surface area (Å²) in [6.45, 7) is 3.62. The average molecular weight is 160 g/mol. The molecule has 0 aromatic rings. The van der Waals surface area contributed by atoms with Crippen LogP contribution in [0.2, 0.25) is 0 Å². The molecule has 0 aromatic carbocycles. The second-order valence-corrected chi connectivity index (χ2v) is 2.66. The number of allylic oxidation sites excluding steroid dienone is 7. The van der Waals surface area contributed by atoms with Gasteiger partial charge in [0.15, 0.2) is 5.78 Å². The topological polar surface area (TPSA) is 17.1 Å². The van der Waals surface area contributed by atoms with Gasteiger partial charge in [-0.3, -0.25) is 4.79 Å². The molecule has 0 N–H and O–H groups in total. The van der Waals surface area contributed by atoms with Crippen LogP contribution in [0.5, 0.6) is 0 Å². The van der Waals surface area contributed by atoms with Gasteiger partial charge in [0.1, 0.15) is 0 Å². The molecule has 0 aromatic heterocycles. The molecule has 0 saturated heterocycles. The molecule has 12 heavy (non-hydrogen) atoms. The molecule has 0 radical (unpaired) electrons. The van der Waals surface area contributed by atoms with Crippen molar-refractivity contribution in [3.05, 3.63) is 49.1 Å². The summed E-state index contributed by atoms with van der Waals surface area (Å²) in [5.74, 6) is 0.124. The van der Waals surface area contributed by atoms with Crippen LogP contribution in [0.25, 0.3) is 0 Å². The Labute approximate surface area is 72.8 Å². The fourth-order valence-electron chi connectivity index (χ4n) is 1.07. The highest BCUT2D eigenvalue weighted by atomic mass is 16.1. The van der Waals surface area contributed by atoms with Gasteiger partial charge >= 0.3 is 0 Å². The molecule has 1 rings (SSSR count). The molecule has 1 aliphatic carbocycles. The quantitative estimate of drug-likeness (QED) is 0.567. The van der Waals surface area contributed by atoms with Gasteiger partial charge < -0.3 is 0 Å². The number of ketones is 1. The fourth-order valence-corrected chi connectivity index (χ4v) is 1.07. The predicted molar refractivity (Wildman–Crippen MR) is 50.7 cm³/mol. The third-order valence-electron chi connectivity index (χ3n) is 1.72. The summed E-state index contributed by atoms with van der Waals surface area (Å²) in [6.07, 6.45) is 13.4. The molecular weight excluding hydrogens is 148 g/mol. The lowest BCUT2D eigenvalue weighted by Crippen LogP contribution is -2.08. The van der Waals surface area contributed by atoms with Crippen molar-refractivity contribution in [2.75, 3.05) is 0 Å². The molecule has 0 heterocycles. The van der Waals surface area contributed by atoms with Crippen molar-refractivity contribution in [1.29, 1.82) is 0 Å². The molecule has 62 valence electrons. The van der Waals surface area contributed by atoms with Crippen molar-refractivity contribution in [2.24, 2.45) is 5.92 Å². The molecule has 0 amide bonds. The number of carbonyl (C=O) groups is 1. The van der Waals surface area contributed by atoms with E-state index in [-0.39, 0.29) is 11.7 Å². The van der Waals surface area contributed by atoms with Crippen LogP contribution in [-0.2, 0) is 4.79 Å². The molecule has 1 aliphatic rings. The monoisotopic (exact) mass is 160 g/mol. The Bertz CT molecular complexity index is 256. The second-order valence-electron chi connectivity index (χ2n) is 2.66. The van der Waals surface area contributed by atoms with Crippen LogP contribution in [0, 0.1) is 5.92 Å². The van der Waals surface area contributed by atoms with E-state index in [1.807, 2.05) is 24.3 Å². The summed E-state index contributed by atoms with van der Waals surface area (Å²) >= 11 is 0. The van der Waals surface area contributed by atoms with Crippen molar-refractivity contribution in [2.45, 2.75) is 6.42 Å². The molecule has 1 heteroatoms. The van der Waals surface area contributed by atoms with E-state index in [9.17, 15) is 4.79 Å².